The molecule has 1 aliphatic rings. The Balaban J connectivity index is 1.68. The summed E-state index contributed by atoms with van der Waals surface area (Å²) in [6, 6.07) is 16.2. The van der Waals surface area contributed by atoms with Crippen LogP contribution in [0.3, 0.4) is 0 Å². The molecule has 2 amide bonds. The molecule has 142 valence electrons. The Labute approximate surface area is 160 Å². The molecule has 6 heteroatoms. The van der Waals surface area contributed by atoms with Crippen LogP contribution in [0.25, 0.3) is 0 Å². The van der Waals surface area contributed by atoms with Crippen molar-refractivity contribution in [2.75, 3.05) is 11.9 Å². The van der Waals surface area contributed by atoms with Crippen LogP contribution < -0.4 is 5.32 Å². The summed E-state index contributed by atoms with van der Waals surface area (Å²) in [6.07, 6.45) is 0.666. The number of carbonyl (C=O) groups excluding carboxylic acids is 1. The molecule has 1 heterocycles. The number of fused-ring (bicyclic) bond motifs is 1. The van der Waals surface area contributed by atoms with E-state index in [1.807, 2.05) is 24.3 Å². The van der Waals surface area contributed by atoms with Crippen molar-refractivity contribution in [1.82, 2.24) is 4.90 Å². The van der Waals surface area contributed by atoms with E-state index >= 15 is 0 Å². The largest absolute Gasteiger partial charge is 0.322 e. The molecule has 1 aliphatic heterocycles. The predicted octanol–water partition coefficient (Wildman–Crippen LogP) is 5.28. The lowest BCUT2D eigenvalue weighted by Gasteiger charge is -2.37. The van der Waals surface area contributed by atoms with E-state index in [4.69, 9.17) is 0 Å². The van der Waals surface area contributed by atoms with Crippen LogP contribution in [0.4, 0.5) is 23.7 Å². The van der Waals surface area contributed by atoms with Crippen molar-refractivity contribution in [2.24, 2.45) is 0 Å². The van der Waals surface area contributed by atoms with Crippen LogP contribution in [0.1, 0.15) is 22.7 Å². The highest BCUT2D eigenvalue weighted by Gasteiger charge is 2.32. The van der Waals surface area contributed by atoms with E-state index < -0.39 is 23.7 Å². The van der Waals surface area contributed by atoms with Gasteiger partial charge in [-0.15, -0.1) is 0 Å². The van der Waals surface area contributed by atoms with Crippen molar-refractivity contribution in [3.63, 3.8) is 0 Å². The predicted molar refractivity (Wildman–Crippen MR) is 100 cm³/mol. The third-order valence-electron chi connectivity index (χ3n) is 4.90. The monoisotopic (exact) mass is 382 g/mol. The van der Waals surface area contributed by atoms with Gasteiger partial charge >= 0.3 is 6.03 Å². The minimum absolute atomic E-state index is 0.167. The van der Waals surface area contributed by atoms with Crippen LogP contribution in [0, 0.1) is 17.5 Å². The van der Waals surface area contributed by atoms with Crippen molar-refractivity contribution >= 4 is 11.7 Å². The Morgan fingerprint density at radius 1 is 0.929 bits per heavy atom. The molecular formula is C22H17F3N2O. The topological polar surface area (TPSA) is 32.3 Å². The summed E-state index contributed by atoms with van der Waals surface area (Å²) < 4.78 is 40.0. The maximum absolute atomic E-state index is 13.5. The van der Waals surface area contributed by atoms with E-state index in [2.05, 4.69) is 5.32 Å². The smallest absolute Gasteiger partial charge is 0.313 e. The number of anilines is 1. The van der Waals surface area contributed by atoms with Crippen molar-refractivity contribution in [2.45, 2.75) is 12.5 Å². The molecule has 4 rings (SSSR count). The van der Waals surface area contributed by atoms with Gasteiger partial charge in [0.2, 0.25) is 0 Å². The summed E-state index contributed by atoms with van der Waals surface area (Å²) in [5, 5.41) is 2.63. The second kappa shape index (κ2) is 7.38. The number of nitrogens with one attached hydrogen (secondary N) is 1. The second-order valence-corrected chi connectivity index (χ2v) is 6.66. The molecule has 3 nitrogen and oxygen atoms in total. The lowest BCUT2D eigenvalue weighted by molar-refractivity contribution is 0.194. The van der Waals surface area contributed by atoms with E-state index in [0.29, 0.717) is 13.0 Å². The molecule has 28 heavy (non-hydrogen) atoms. The fourth-order valence-electron chi connectivity index (χ4n) is 3.56. The average molecular weight is 382 g/mol. The molecule has 0 bridgehead atoms. The standard InChI is InChI=1S/C22H17F3N2O/c23-16-7-5-15(6-8-16)21-18-4-2-1-3-14(18)11-12-27(21)22(28)26-17-9-10-19(24)20(25)13-17/h1-10,13,21H,11-12H2,(H,26,28)/t21-/m1/s1. The Kier molecular flexibility index (Phi) is 4.77. The maximum atomic E-state index is 13.5. The van der Waals surface area contributed by atoms with E-state index in [-0.39, 0.29) is 11.5 Å². The zero-order valence-corrected chi connectivity index (χ0v) is 14.8. The molecule has 3 aromatic carbocycles. The van der Waals surface area contributed by atoms with Gasteiger partial charge in [-0.25, -0.2) is 18.0 Å². The van der Waals surface area contributed by atoms with Gasteiger partial charge in [0, 0.05) is 18.3 Å². The Morgan fingerprint density at radius 3 is 2.43 bits per heavy atom. The third kappa shape index (κ3) is 3.45. The summed E-state index contributed by atoms with van der Waals surface area (Å²) in [6.45, 7) is 0.439. The van der Waals surface area contributed by atoms with Gasteiger partial charge in [0.15, 0.2) is 11.6 Å². The second-order valence-electron chi connectivity index (χ2n) is 6.66. The van der Waals surface area contributed by atoms with Crippen molar-refractivity contribution in [3.05, 3.63) is 101 Å². The SMILES string of the molecule is O=C(Nc1ccc(F)c(F)c1)N1CCc2ccccc2[C@H]1c1ccc(F)cc1. The zero-order chi connectivity index (χ0) is 19.7. The fourth-order valence-corrected chi connectivity index (χ4v) is 3.56. The number of carbonyl (C=O) groups is 1. The number of amides is 2. The normalized spacial score (nSPS) is 15.8. The Bertz CT molecular complexity index is 1020. The molecule has 0 aromatic heterocycles. The molecule has 0 saturated heterocycles. The quantitative estimate of drug-likeness (QED) is 0.642. The minimum Gasteiger partial charge on any atom is -0.313 e. The third-order valence-corrected chi connectivity index (χ3v) is 4.90. The van der Waals surface area contributed by atoms with Gasteiger partial charge in [-0.3, -0.25) is 0 Å². The van der Waals surface area contributed by atoms with Gasteiger partial charge in [0.1, 0.15) is 5.82 Å². The van der Waals surface area contributed by atoms with Gasteiger partial charge < -0.3 is 10.2 Å². The van der Waals surface area contributed by atoms with Crippen molar-refractivity contribution < 1.29 is 18.0 Å². The summed E-state index contributed by atoms with van der Waals surface area (Å²) in [5.74, 6) is -2.36. The summed E-state index contributed by atoms with van der Waals surface area (Å²) in [5.41, 5.74) is 3.02. The fraction of sp³-hybridized carbons (Fsp3) is 0.136. The first-order chi connectivity index (χ1) is 13.5. The Morgan fingerprint density at radius 2 is 1.68 bits per heavy atom. The highest BCUT2D eigenvalue weighted by atomic mass is 19.2. The highest BCUT2D eigenvalue weighted by Crippen LogP contribution is 2.35. The first kappa shape index (κ1) is 18.1. The van der Waals surface area contributed by atoms with Crippen LogP contribution in [-0.2, 0) is 6.42 Å². The molecule has 1 N–H and O–H groups in total. The van der Waals surface area contributed by atoms with Crippen LogP contribution in [0.5, 0.6) is 0 Å². The molecule has 0 radical (unpaired) electrons. The molecule has 0 spiro atoms. The molecular weight excluding hydrogens is 365 g/mol. The lowest BCUT2D eigenvalue weighted by Crippen LogP contribution is -2.43. The van der Waals surface area contributed by atoms with E-state index in [9.17, 15) is 18.0 Å². The van der Waals surface area contributed by atoms with Crippen molar-refractivity contribution in [3.8, 4) is 0 Å². The van der Waals surface area contributed by atoms with Gasteiger partial charge in [-0.05, 0) is 47.4 Å². The van der Waals surface area contributed by atoms with Crippen LogP contribution in [0.2, 0.25) is 0 Å². The highest BCUT2D eigenvalue weighted by molar-refractivity contribution is 5.90. The Hall–Kier alpha value is -3.28. The number of rotatable bonds is 2. The van der Waals surface area contributed by atoms with Crippen molar-refractivity contribution in [1.29, 1.82) is 0 Å². The number of benzene rings is 3. The van der Waals surface area contributed by atoms with Crippen LogP contribution in [0.15, 0.2) is 66.7 Å². The van der Waals surface area contributed by atoms with Gasteiger partial charge in [-0.2, -0.15) is 0 Å². The molecule has 3 aromatic rings. The zero-order valence-electron chi connectivity index (χ0n) is 14.8. The lowest BCUT2D eigenvalue weighted by atomic mass is 9.88. The minimum atomic E-state index is -1.03. The maximum Gasteiger partial charge on any atom is 0.322 e. The first-order valence-corrected chi connectivity index (χ1v) is 8.89. The van der Waals surface area contributed by atoms with Gasteiger partial charge in [0.25, 0.3) is 0 Å². The van der Waals surface area contributed by atoms with Gasteiger partial charge in [0.05, 0.1) is 6.04 Å². The summed E-state index contributed by atoms with van der Waals surface area (Å²) in [7, 11) is 0. The molecule has 0 fully saturated rings. The average Bonchev–Trinajstić information content (AvgIpc) is 2.70. The number of urea groups is 1. The number of halogens is 3. The summed E-state index contributed by atoms with van der Waals surface area (Å²) in [4.78, 5) is 14.6. The van der Waals surface area contributed by atoms with E-state index in [0.717, 1.165) is 28.8 Å². The van der Waals surface area contributed by atoms with Crippen LogP contribution >= 0.6 is 0 Å². The number of nitrogens with zero attached hydrogens (tertiary/aromatic N) is 1. The summed E-state index contributed by atoms with van der Waals surface area (Å²) >= 11 is 0. The molecule has 0 saturated carbocycles. The molecule has 0 aliphatic carbocycles. The molecule has 0 unspecified atom stereocenters. The number of hydrogen-bond acceptors (Lipinski definition) is 1. The van der Waals surface area contributed by atoms with E-state index in [1.165, 1.54) is 18.2 Å². The first-order valence-electron chi connectivity index (χ1n) is 8.89. The van der Waals surface area contributed by atoms with Crippen LogP contribution in [-0.4, -0.2) is 17.5 Å². The molecule has 1 atom stereocenters. The van der Waals surface area contributed by atoms with Gasteiger partial charge in [-0.1, -0.05) is 36.4 Å². The number of hydrogen-bond donors (Lipinski definition) is 1. The van der Waals surface area contributed by atoms with E-state index in [1.54, 1.807) is 17.0 Å².